The summed E-state index contributed by atoms with van der Waals surface area (Å²) < 4.78 is 0. The first-order chi connectivity index (χ1) is 12.1. The van der Waals surface area contributed by atoms with Gasteiger partial charge < -0.3 is 15.3 Å². The van der Waals surface area contributed by atoms with Crippen LogP contribution in [0.1, 0.15) is 96.8 Å². The monoisotopic (exact) mass is 356 g/mol. The van der Waals surface area contributed by atoms with Crippen LogP contribution in [-0.2, 0) is 4.79 Å². The van der Waals surface area contributed by atoms with Gasteiger partial charge in [0.2, 0.25) is 0 Å². The minimum Gasteiger partial charge on any atom is -0.394 e. The van der Waals surface area contributed by atoms with Crippen LogP contribution in [0.4, 0.5) is 0 Å². The van der Waals surface area contributed by atoms with Crippen LogP contribution in [-0.4, -0.2) is 39.9 Å². The Kier molecular flexibility index (Phi) is 17.6. The van der Waals surface area contributed by atoms with Gasteiger partial charge in [-0.05, 0) is 31.8 Å². The summed E-state index contributed by atoms with van der Waals surface area (Å²) in [5.41, 5.74) is 0. The van der Waals surface area contributed by atoms with E-state index in [4.69, 9.17) is 5.11 Å². The highest BCUT2D eigenvalue weighted by Crippen LogP contribution is 2.11. The summed E-state index contributed by atoms with van der Waals surface area (Å²) in [7, 11) is 0. The first-order valence-corrected chi connectivity index (χ1v) is 10.3. The zero-order chi connectivity index (χ0) is 18.8. The molecule has 0 aliphatic heterocycles. The highest BCUT2D eigenvalue weighted by atomic mass is 16.3. The summed E-state index contributed by atoms with van der Waals surface area (Å²) in [6.07, 6.45) is 16.4. The van der Waals surface area contributed by atoms with Crippen LogP contribution < -0.4 is 0 Å². The second-order valence-corrected chi connectivity index (χ2v) is 7.06. The molecule has 0 aliphatic carbocycles. The van der Waals surface area contributed by atoms with Crippen molar-refractivity contribution in [1.82, 2.24) is 0 Å². The van der Waals surface area contributed by atoms with E-state index < -0.39 is 12.2 Å². The van der Waals surface area contributed by atoms with Gasteiger partial charge in [-0.2, -0.15) is 0 Å². The molecule has 2 unspecified atom stereocenters. The van der Waals surface area contributed by atoms with E-state index in [9.17, 15) is 15.0 Å². The fourth-order valence-electron chi connectivity index (χ4n) is 2.83. The molecule has 4 nitrogen and oxygen atoms in total. The van der Waals surface area contributed by atoms with Crippen molar-refractivity contribution in [2.24, 2.45) is 0 Å². The van der Waals surface area contributed by atoms with E-state index >= 15 is 0 Å². The average Bonchev–Trinajstić information content (AvgIpc) is 2.62. The first kappa shape index (κ1) is 24.3. The number of hydrogen-bond donors (Lipinski definition) is 3. The highest BCUT2D eigenvalue weighted by Gasteiger charge is 2.10. The Labute approximate surface area is 154 Å². The van der Waals surface area contributed by atoms with E-state index in [1.807, 2.05) is 6.08 Å². The first-order valence-electron chi connectivity index (χ1n) is 10.3. The van der Waals surface area contributed by atoms with Crippen LogP contribution in [0.25, 0.3) is 0 Å². The lowest BCUT2D eigenvalue weighted by Gasteiger charge is -2.07. The molecule has 25 heavy (non-hydrogen) atoms. The molecule has 0 fully saturated rings. The lowest BCUT2D eigenvalue weighted by molar-refractivity contribution is -0.122. The highest BCUT2D eigenvalue weighted by molar-refractivity contribution is 5.93. The number of allylic oxidation sites excluding steroid dienone is 1. The Bertz CT molecular complexity index is 328. The third-order valence-electron chi connectivity index (χ3n) is 4.56. The molecule has 3 N–H and O–H groups in total. The minimum atomic E-state index is -0.841. The van der Waals surface area contributed by atoms with Gasteiger partial charge in [0.15, 0.2) is 5.78 Å². The van der Waals surface area contributed by atoms with E-state index in [0.717, 1.165) is 44.9 Å². The van der Waals surface area contributed by atoms with Crippen LogP contribution in [0.2, 0.25) is 0 Å². The summed E-state index contributed by atoms with van der Waals surface area (Å²) in [6.45, 7) is 2.05. The van der Waals surface area contributed by atoms with Gasteiger partial charge >= 0.3 is 0 Å². The van der Waals surface area contributed by atoms with E-state index in [2.05, 4.69) is 6.92 Å². The van der Waals surface area contributed by atoms with Crippen molar-refractivity contribution in [3.05, 3.63) is 12.2 Å². The van der Waals surface area contributed by atoms with Crippen LogP contribution in [0.15, 0.2) is 12.2 Å². The van der Waals surface area contributed by atoms with E-state index in [0.29, 0.717) is 12.8 Å². The number of unbranched alkanes of at least 4 members (excludes halogenated alkanes) is 10. The number of carbonyl (C=O) groups excluding carboxylic acids is 1. The van der Waals surface area contributed by atoms with Crippen LogP contribution in [0, 0.1) is 0 Å². The molecule has 148 valence electrons. The molecule has 0 spiro atoms. The molecule has 0 amide bonds. The number of aliphatic hydroxyl groups is 3. The van der Waals surface area contributed by atoms with E-state index in [1.165, 1.54) is 38.2 Å². The lowest BCUT2D eigenvalue weighted by atomic mass is 10.0. The third-order valence-corrected chi connectivity index (χ3v) is 4.56. The van der Waals surface area contributed by atoms with Gasteiger partial charge in [-0.25, -0.2) is 0 Å². The summed E-state index contributed by atoms with van der Waals surface area (Å²) in [6, 6.07) is 0. The second kappa shape index (κ2) is 18.1. The molecule has 0 aromatic carbocycles. The van der Waals surface area contributed by atoms with Gasteiger partial charge in [-0.1, -0.05) is 77.2 Å². The molecule has 0 saturated carbocycles. The molecule has 0 saturated heterocycles. The van der Waals surface area contributed by atoms with E-state index in [1.54, 1.807) is 0 Å². The fraction of sp³-hybridized carbons (Fsp3) is 0.857. The molecule has 0 aromatic rings. The average molecular weight is 357 g/mol. The van der Waals surface area contributed by atoms with Crippen molar-refractivity contribution < 1.29 is 20.1 Å². The van der Waals surface area contributed by atoms with Gasteiger partial charge in [0, 0.05) is 0 Å². The molecule has 0 heterocycles. The second-order valence-electron chi connectivity index (χ2n) is 7.06. The molecule has 0 rings (SSSR count). The largest absolute Gasteiger partial charge is 0.394 e. The minimum absolute atomic E-state index is 0.161. The molecule has 0 bridgehead atoms. The molecule has 0 aliphatic rings. The molecular weight excluding hydrogens is 316 g/mol. The van der Waals surface area contributed by atoms with Crippen molar-refractivity contribution in [2.75, 3.05) is 6.61 Å². The normalized spacial score (nSPS) is 14.1. The van der Waals surface area contributed by atoms with Crippen LogP contribution in [0.3, 0.4) is 0 Å². The van der Waals surface area contributed by atoms with Crippen molar-refractivity contribution in [3.8, 4) is 0 Å². The summed E-state index contributed by atoms with van der Waals surface area (Å²) >= 11 is 0. The Morgan fingerprint density at radius 2 is 1.40 bits per heavy atom. The predicted octanol–water partition coefficient (Wildman–Crippen LogP) is 4.31. The number of rotatable bonds is 18. The Morgan fingerprint density at radius 1 is 0.840 bits per heavy atom. The topological polar surface area (TPSA) is 77.8 Å². The zero-order valence-corrected chi connectivity index (χ0v) is 16.2. The predicted molar refractivity (Wildman–Crippen MR) is 104 cm³/mol. The Morgan fingerprint density at radius 3 is 2.04 bits per heavy atom. The molecule has 0 radical (unpaired) electrons. The van der Waals surface area contributed by atoms with Crippen molar-refractivity contribution in [2.45, 2.75) is 109 Å². The molecular formula is C21H40O4. The van der Waals surface area contributed by atoms with E-state index in [-0.39, 0.29) is 12.4 Å². The van der Waals surface area contributed by atoms with Gasteiger partial charge in [-0.15, -0.1) is 0 Å². The third kappa shape index (κ3) is 16.5. The maximum atomic E-state index is 11.8. The van der Waals surface area contributed by atoms with Crippen molar-refractivity contribution >= 4 is 5.78 Å². The van der Waals surface area contributed by atoms with Crippen molar-refractivity contribution in [3.63, 3.8) is 0 Å². The van der Waals surface area contributed by atoms with Gasteiger partial charge in [0.1, 0.15) is 6.10 Å². The quantitative estimate of drug-likeness (QED) is 0.253. The number of ketones is 1. The standard InChI is InChI=1S/C21H40O4/c1-2-3-4-5-6-10-13-16-20(24)21(25)17-14-11-8-7-9-12-15-19(23)18-22/h14,17,19-20,22-24H,2-13,15-16,18H2,1H3. The number of aliphatic hydroxyl groups excluding tert-OH is 3. The van der Waals surface area contributed by atoms with Gasteiger partial charge in [0.05, 0.1) is 12.7 Å². The van der Waals surface area contributed by atoms with Gasteiger partial charge in [0.25, 0.3) is 0 Å². The van der Waals surface area contributed by atoms with Gasteiger partial charge in [-0.3, -0.25) is 4.79 Å². The number of carbonyl (C=O) groups is 1. The zero-order valence-electron chi connectivity index (χ0n) is 16.2. The van der Waals surface area contributed by atoms with Crippen LogP contribution >= 0.6 is 0 Å². The SMILES string of the molecule is CCCCCCCCCC(O)C(=O)C=CCCCCCCC(O)CO. The fourth-order valence-corrected chi connectivity index (χ4v) is 2.83. The maximum absolute atomic E-state index is 11.8. The number of hydrogen-bond acceptors (Lipinski definition) is 4. The molecule has 2 atom stereocenters. The van der Waals surface area contributed by atoms with Crippen molar-refractivity contribution in [1.29, 1.82) is 0 Å². The summed E-state index contributed by atoms with van der Waals surface area (Å²) in [5, 5.41) is 27.8. The lowest BCUT2D eigenvalue weighted by Crippen LogP contribution is -2.17. The Balaban J connectivity index is 3.51. The summed E-state index contributed by atoms with van der Waals surface area (Å²) in [4.78, 5) is 11.8. The van der Waals surface area contributed by atoms with Crippen LogP contribution in [0.5, 0.6) is 0 Å². The summed E-state index contributed by atoms with van der Waals surface area (Å²) in [5.74, 6) is -0.169. The smallest absolute Gasteiger partial charge is 0.183 e. The Hall–Kier alpha value is -0.710. The molecule has 4 heteroatoms. The molecule has 0 aromatic heterocycles. The maximum Gasteiger partial charge on any atom is 0.183 e.